The molecule has 1 aromatic heterocycles. The minimum absolute atomic E-state index is 0.0389. The minimum atomic E-state index is -0.560. The van der Waals surface area contributed by atoms with Crippen LogP contribution in [0.25, 0.3) is 11.0 Å². The van der Waals surface area contributed by atoms with Gasteiger partial charge in [0.15, 0.2) is 23.9 Å². The van der Waals surface area contributed by atoms with Crippen molar-refractivity contribution in [3.8, 4) is 11.5 Å². The van der Waals surface area contributed by atoms with E-state index >= 15 is 0 Å². The van der Waals surface area contributed by atoms with Gasteiger partial charge in [-0.15, -0.1) is 0 Å². The summed E-state index contributed by atoms with van der Waals surface area (Å²) in [4.78, 5) is 42.1. The molecule has 0 unspecified atom stereocenters. The van der Waals surface area contributed by atoms with Crippen LogP contribution in [0.3, 0.4) is 0 Å². The van der Waals surface area contributed by atoms with Crippen molar-refractivity contribution in [2.24, 2.45) is 0 Å². The standard InChI is InChI=1S/C25H26N2O6/c1-2-3-12-27-20-7-5-4-6-18(20)26-19(25(27)30)9-11-24(29)33-16-21(28)17-8-10-22-23(15-17)32-14-13-31-22/h4-8,10,15H,2-3,9,11-14,16H2,1H3. The first-order chi connectivity index (χ1) is 16.1. The van der Waals surface area contributed by atoms with Gasteiger partial charge in [-0.2, -0.15) is 0 Å². The Balaban J connectivity index is 1.38. The predicted octanol–water partition coefficient (Wildman–Crippen LogP) is 3.33. The summed E-state index contributed by atoms with van der Waals surface area (Å²) >= 11 is 0. The SMILES string of the molecule is CCCCn1c(=O)c(CCC(=O)OCC(=O)c2ccc3c(c2)OCCO3)nc2ccccc21. The molecule has 0 saturated carbocycles. The summed E-state index contributed by atoms with van der Waals surface area (Å²) in [6.45, 7) is 3.16. The lowest BCUT2D eigenvalue weighted by Crippen LogP contribution is -2.26. The maximum absolute atomic E-state index is 12.9. The number of unbranched alkanes of at least 4 members (excludes halogenated alkanes) is 1. The Morgan fingerprint density at radius 3 is 2.70 bits per heavy atom. The second-order valence-electron chi connectivity index (χ2n) is 7.80. The number of carbonyl (C=O) groups is 2. The normalized spacial score (nSPS) is 12.5. The fourth-order valence-electron chi connectivity index (χ4n) is 3.69. The van der Waals surface area contributed by atoms with E-state index in [9.17, 15) is 14.4 Å². The Morgan fingerprint density at radius 1 is 1.09 bits per heavy atom. The highest BCUT2D eigenvalue weighted by Crippen LogP contribution is 2.30. The van der Waals surface area contributed by atoms with E-state index in [1.807, 2.05) is 24.3 Å². The van der Waals surface area contributed by atoms with Crippen LogP contribution < -0.4 is 15.0 Å². The van der Waals surface area contributed by atoms with Crippen molar-refractivity contribution in [2.75, 3.05) is 19.8 Å². The zero-order valence-electron chi connectivity index (χ0n) is 18.5. The number of para-hydroxylation sites is 2. The quantitative estimate of drug-likeness (QED) is 0.364. The molecule has 1 aliphatic rings. The molecule has 2 heterocycles. The van der Waals surface area contributed by atoms with E-state index < -0.39 is 5.97 Å². The summed E-state index contributed by atoms with van der Waals surface area (Å²) in [6, 6.07) is 12.3. The Labute approximate surface area is 191 Å². The summed E-state index contributed by atoms with van der Waals surface area (Å²) in [5, 5.41) is 0. The molecule has 0 atom stereocenters. The number of ketones is 1. The van der Waals surface area contributed by atoms with Gasteiger partial charge in [0, 0.05) is 18.5 Å². The molecular formula is C25H26N2O6. The van der Waals surface area contributed by atoms with Crippen LogP contribution in [0.2, 0.25) is 0 Å². The molecule has 0 bridgehead atoms. The summed E-state index contributed by atoms with van der Waals surface area (Å²) in [7, 11) is 0. The van der Waals surface area contributed by atoms with Gasteiger partial charge >= 0.3 is 5.97 Å². The Hall–Kier alpha value is -3.68. The molecule has 0 amide bonds. The number of aryl methyl sites for hydroxylation is 2. The highest BCUT2D eigenvalue weighted by molar-refractivity contribution is 5.98. The maximum atomic E-state index is 12.9. The van der Waals surface area contributed by atoms with E-state index in [2.05, 4.69) is 11.9 Å². The van der Waals surface area contributed by atoms with E-state index in [1.165, 1.54) is 0 Å². The molecule has 1 aliphatic heterocycles. The number of Topliss-reactive ketones (excluding diaryl/α,β-unsaturated/α-hetero) is 1. The van der Waals surface area contributed by atoms with Crippen LogP contribution in [0.1, 0.15) is 42.2 Å². The van der Waals surface area contributed by atoms with Crippen LogP contribution in [0.5, 0.6) is 11.5 Å². The van der Waals surface area contributed by atoms with E-state index in [1.54, 1.807) is 22.8 Å². The second kappa shape index (κ2) is 10.3. The van der Waals surface area contributed by atoms with Gasteiger partial charge in [0.25, 0.3) is 5.56 Å². The van der Waals surface area contributed by atoms with Gasteiger partial charge in [0.1, 0.15) is 18.9 Å². The molecule has 0 radical (unpaired) electrons. The third-order valence-corrected chi connectivity index (χ3v) is 5.45. The Bertz CT molecular complexity index is 1230. The molecule has 3 aromatic rings. The molecule has 2 aromatic carbocycles. The predicted molar refractivity (Wildman–Crippen MR) is 122 cm³/mol. The van der Waals surface area contributed by atoms with Gasteiger partial charge in [-0.25, -0.2) is 4.98 Å². The number of aromatic nitrogens is 2. The Morgan fingerprint density at radius 2 is 1.88 bits per heavy atom. The van der Waals surface area contributed by atoms with Crippen LogP contribution in [0.4, 0.5) is 0 Å². The molecule has 0 aliphatic carbocycles. The monoisotopic (exact) mass is 450 g/mol. The van der Waals surface area contributed by atoms with Crippen molar-refractivity contribution in [1.29, 1.82) is 0 Å². The van der Waals surface area contributed by atoms with Gasteiger partial charge in [-0.3, -0.25) is 14.4 Å². The van der Waals surface area contributed by atoms with E-state index in [0.717, 1.165) is 18.4 Å². The van der Waals surface area contributed by atoms with Crippen LogP contribution >= 0.6 is 0 Å². The zero-order chi connectivity index (χ0) is 23.2. The van der Waals surface area contributed by atoms with Crippen LogP contribution in [-0.4, -0.2) is 41.1 Å². The molecular weight excluding hydrogens is 424 g/mol. The number of rotatable bonds is 9. The van der Waals surface area contributed by atoms with Crippen molar-refractivity contribution in [3.63, 3.8) is 0 Å². The molecule has 8 heteroatoms. The molecule has 33 heavy (non-hydrogen) atoms. The highest BCUT2D eigenvalue weighted by Gasteiger charge is 2.17. The number of carbonyl (C=O) groups excluding carboxylic acids is 2. The molecule has 0 N–H and O–H groups in total. The molecule has 4 rings (SSSR count). The maximum Gasteiger partial charge on any atom is 0.306 e. The van der Waals surface area contributed by atoms with Gasteiger partial charge in [0.2, 0.25) is 0 Å². The number of fused-ring (bicyclic) bond motifs is 2. The zero-order valence-corrected chi connectivity index (χ0v) is 18.5. The third-order valence-electron chi connectivity index (χ3n) is 5.45. The number of benzene rings is 2. The van der Waals surface area contributed by atoms with E-state index in [-0.39, 0.29) is 30.8 Å². The van der Waals surface area contributed by atoms with E-state index in [4.69, 9.17) is 14.2 Å². The fraction of sp³-hybridized carbons (Fsp3) is 0.360. The van der Waals surface area contributed by atoms with Gasteiger partial charge in [0.05, 0.1) is 17.5 Å². The second-order valence-corrected chi connectivity index (χ2v) is 7.80. The highest BCUT2D eigenvalue weighted by atomic mass is 16.6. The number of nitrogens with zero attached hydrogens (tertiary/aromatic N) is 2. The van der Waals surface area contributed by atoms with Crippen molar-refractivity contribution >= 4 is 22.8 Å². The van der Waals surface area contributed by atoms with Gasteiger partial charge < -0.3 is 18.8 Å². The number of ether oxygens (including phenoxy) is 3. The third kappa shape index (κ3) is 5.22. The molecule has 8 nitrogen and oxygen atoms in total. The van der Waals surface area contributed by atoms with Crippen LogP contribution in [-0.2, 0) is 22.5 Å². The topological polar surface area (TPSA) is 96.7 Å². The fourth-order valence-corrected chi connectivity index (χ4v) is 3.69. The Kier molecular flexibility index (Phi) is 7.02. The van der Waals surface area contributed by atoms with Crippen molar-refractivity contribution in [2.45, 2.75) is 39.2 Å². The number of hydrogen-bond acceptors (Lipinski definition) is 7. The molecule has 0 saturated heterocycles. The van der Waals surface area contributed by atoms with Crippen LogP contribution in [0.15, 0.2) is 47.3 Å². The summed E-state index contributed by atoms with van der Waals surface area (Å²) in [5.74, 6) is 0.184. The van der Waals surface area contributed by atoms with Crippen molar-refractivity contribution in [1.82, 2.24) is 9.55 Å². The molecule has 172 valence electrons. The van der Waals surface area contributed by atoms with Gasteiger partial charge in [-0.1, -0.05) is 25.5 Å². The lowest BCUT2D eigenvalue weighted by atomic mass is 10.1. The van der Waals surface area contributed by atoms with Gasteiger partial charge in [-0.05, 0) is 36.8 Å². The largest absolute Gasteiger partial charge is 0.486 e. The molecule has 0 spiro atoms. The lowest BCUT2D eigenvalue weighted by molar-refractivity contribution is -0.142. The lowest BCUT2D eigenvalue weighted by Gasteiger charge is -2.18. The smallest absolute Gasteiger partial charge is 0.306 e. The first-order valence-corrected chi connectivity index (χ1v) is 11.1. The first-order valence-electron chi connectivity index (χ1n) is 11.1. The van der Waals surface area contributed by atoms with Crippen LogP contribution in [0, 0.1) is 0 Å². The summed E-state index contributed by atoms with van der Waals surface area (Å²) < 4.78 is 17.8. The minimum Gasteiger partial charge on any atom is -0.486 e. The number of hydrogen-bond donors (Lipinski definition) is 0. The molecule has 0 fully saturated rings. The number of esters is 1. The van der Waals surface area contributed by atoms with E-state index in [0.29, 0.717) is 48.0 Å². The first kappa shape index (κ1) is 22.5. The summed E-state index contributed by atoms with van der Waals surface area (Å²) in [6.07, 6.45) is 1.94. The summed E-state index contributed by atoms with van der Waals surface area (Å²) in [5.41, 5.74) is 2.00. The average molecular weight is 450 g/mol. The van der Waals surface area contributed by atoms with Crippen molar-refractivity contribution < 1.29 is 23.8 Å². The average Bonchev–Trinajstić information content (AvgIpc) is 2.85. The van der Waals surface area contributed by atoms with Crippen molar-refractivity contribution in [3.05, 3.63) is 64.1 Å².